The number of piperazine rings is 1. The van der Waals surface area contributed by atoms with Crippen molar-refractivity contribution in [2.45, 2.75) is 25.8 Å². The maximum atomic E-state index is 12.1. The van der Waals surface area contributed by atoms with Crippen LogP contribution in [0, 0.1) is 0 Å². The normalized spacial score (nSPS) is 19.4. The first-order valence-electron chi connectivity index (χ1n) is 11.0. The van der Waals surface area contributed by atoms with E-state index in [1.54, 1.807) is 0 Å². The number of likely N-dealkylation sites (N-methyl/N-ethyl adjacent to an activating group) is 1. The molecule has 0 saturated carbocycles. The third kappa shape index (κ3) is 5.05. The minimum atomic E-state index is -0.590. The summed E-state index contributed by atoms with van der Waals surface area (Å²) >= 11 is 0. The first-order chi connectivity index (χ1) is 15.0. The molecule has 0 unspecified atom stereocenters. The average molecular weight is 425 g/mol. The summed E-state index contributed by atoms with van der Waals surface area (Å²) < 4.78 is 0. The molecular weight excluding hydrogens is 392 g/mol. The van der Waals surface area contributed by atoms with Crippen molar-refractivity contribution < 1.29 is 4.79 Å². The van der Waals surface area contributed by atoms with Crippen molar-refractivity contribution in [3.05, 3.63) is 35.7 Å². The molecule has 2 aliphatic heterocycles. The van der Waals surface area contributed by atoms with Gasteiger partial charge in [-0.25, -0.2) is 9.97 Å². The van der Waals surface area contributed by atoms with Gasteiger partial charge in [-0.15, -0.1) is 0 Å². The number of hydrogen-bond acceptors (Lipinski definition) is 8. The van der Waals surface area contributed by atoms with Crippen LogP contribution in [0.25, 0.3) is 0 Å². The molecule has 2 fully saturated rings. The molecule has 31 heavy (non-hydrogen) atoms. The molecule has 1 amide bonds. The summed E-state index contributed by atoms with van der Waals surface area (Å²) in [6.07, 6.45) is 1.69. The Kier molecular flexibility index (Phi) is 6.53. The van der Waals surface area contributed by atoms with Crippen molar-refractivity contribution in [2.75, 3.05) is 61.8 Å². The van der Waals surface area contributed by atoms with Crippen LogP contribution in [0.2, 0.25) is 0 Å². The third-order valence-electron chi connectivity index (χ3n) is 5.94. The molecule has 2 aliphatic rings. The lowest BCUT2D eigenvalue weighted by Crippen LogP contribution is -2.44. The maximum absolute atomic E-state index is 12.1. The Morgan fingerprint density at radius 3 is 2.52 bits per heavy atom. The van der Waals surface area contributed by atoms with Crippen LogP contribution >= 0.6 is 0 Å². The highest BCUT2D eigenvalue weighted by Gasteiger charge is 2.21. The van der Waals surface area contributed by atoms with Gasteiger partial charge in [-0.3, -0.25) is 4.79 Å². The summed E-state index contributed by atoms with van der Waals surface area (Å²) in [6, 6.07) is 8.49. The van der Waals surface area contributed by atoms with Gasteiger partial charge in [0.15, 0.2) is 17.3 Å². The monoisotopic (exact) mass is 424 g/mol. The molecular formula is C22H32N8O. The number of hydrogen-bond donors (Lipinski definition) is 4. The number of aromatic nitrogens is 2. The molecule has 0 bridgehead atoms. The Balaban J connectivity index is 1.55. The zero-order valence-corrected chi connectivity index (χ0v) is 18.3. The summed E-state index contributed by atoms with van der Waals surface area (Å²) in [5.74, 6) is 0.496. The number of nitrogens with one attached hydrogen (secondary N) is 3. The molecule has 1 atom stereocenters. The van der Waals surface area contributed by atoms with Crippen LogP contribution in [0.1, 0.15) is 29.5 Å². The van der Waals surface area contributed by atoms with Gasteiger partial charge in [0.1, 0.15) is 0 Å². The molecule has 1 aromatic carbocycles. The van der Waals surface area contributed by atoms with Gasteiger partial charge < -0.3 is 31.5 Å². The number of benzene rings is 1. The number of nitrogens with two attached hydrogens (primary N) is 1. The molecule has 9 nitrogen and oxygen atoms in total. The molecule has 4 rings (SSSR count). The van der Waals surface area contributed by atoms with Crippen molar-refractivity contribution in [2.24, 2.45) is 5.73 Å². The number of aryl methyl sites for hydroxylation is 1. The van der Waals surface area contributed by atoms with E-state index in [1.807, 2.05) is 19.1 Å². The molecule has 2 aromatic rings. The van der Waals surface area contributed by atoms with Crippen molar-refractivity contribution >= 4 is 28.9 Å². The van der Waals surface area contributed by atoms with Crippen molar-refractivity contribution in [1.82, 2.24) is 20.2 Å². The highest BCUT2D eigenvalue weighted by atomic mass is 16.1. The highest BCUT2D eigenvalue weighted by Crippen LogP contribution is 2.25. The fourth-order valence-electron chi connectivity index (χ4n) is 4.02. The lowest BCUT2D eigenvalue weighted by molar-refractivity contribution is 0.0996. The summed E-state index contributed by atoms with van der Waals surface area (Å²) in [5.41, 5.74) is 8.56. The Labute approximate surface area is 183 Å². The van der Waals surface area contributed by atoms with Crippen LogP contribution in [0.5, 0.6) is 0 Å². The van der Waals surface area contributed by atoms with E-state index in [2.05, 4.69) is 49.9 Å². The van der Waals surface area contributed by atoms with Crippen LogP contribution in [-0.2, 0) is 6.42 Å². The third-order valence-corrected chi connectivity index (χ3v) is 5.94. The molecule has 9 heteroatoms. The number of primary amides is 1. The Hall–Kier alpha value is -2.91. The summed E-state index contributed by atoms with van der Waals surface area (Å²) in [5, 5.41) is 10.1. The van der Waals surface area contributed by atoms with E-state index in [-0.39, 0.29) is 5.69 Å². The molecule has 2 saturated heterocycles. The topological polar surface area (TPSA) is 111 Å². The lowest BCUT2D eigenvalue weighted by Gasteiger charge is -2.34. The molecule has 5 N–H and O–H groups in total. The highest BCUT2D eigenvalue weighted by molar-refractivity contribution is 5.96. The van der Waals surface area contributed by atoms with Crippen molar-refractivity contribution in [3.8, 4) is 0 Å². The average Bonchev–Trinajstić information content (AvgIpc) is 3.28. The van der Waals surface area contributed by atoms with Gasteiger partial charge in [0.2, 0.25) is 0 Å². The largest absolute Gasteiger partial charge is 0.369 e. The zero-order chi connectivity index (χ0) is 21.8. The number of carbonyl (C=O) groups excluding carboxylic acids is 1. The Morgan fingerprint density at radius 1 is 1.16 bits per heavy atom. The Bertz CT molecular complexity index is 902. The predicted molar refractivity (Wildman–Crippen MR) is 124 cm³/mol. The lowest BCUT2D eigenvalue weighted by atomic mass is 10.2. The number of rotatable bonds is 7. The number of amides is 1. The van der Waals surface area contributed by atoms with E-state index < -0.39 is 5.91 Å². The fourth-order valence-corrected chi connectivity index (χ4v) is 4.02. The van der Waals surface area contributed by atoms with E-state index in [0.29, 0.717) is 24.1 Å². The first kappa shape index (κ1) is 21.3. The van der Waals surface area contributed by atoms with E-state index in [4.69, 9.17) is 10.7 Å². The van der Waals surface area contributed by atoms with E-state index in [1.165, 1.54) is 5.69 Å². The van der Waals surface area contributed by atoms with E-state index in [9.17, 15) is 4.79 Å². The minimum Gasteiger partial charge on any atom is -0.369 e. The van der Waals surface area contributed by atoms with Gasteiger partial charge in [0.25, 0.3) is 5.91 Å². The molecule has 0 aliphatic carbocycles. The predicted octanol–water partition coefficient (Wildman–Crippen LogP) is 1.41. The molecule has 3 heterocycles. The minimum absolute atomic E-state index is 0.162. The molecule has 1 aromatic heterocycles. The van der Waals surface area contributed by atoms with Gasteiger partial charge in [-0.2, -0.15) is 0 Å². The molecule has 0 spiro atoms. The van der Waals surface area contributed by atoms with Crippen LogP contribution in [0.4, 0.5) is 23.0 Å². The summed E-state index contributed by atoms with van der Waals surface area (Å²) in [7, 11) is 2.15. The van der Waals surface area contributed by atoms with Crippen LogP contribution in [0.15, 0.2) is 24.3 Å². The van der Waals surface area contributed by atoms with Gasteiger partial charge >= 0.3 is 0 Å². The zero-order valence-electron chi connectivity index (χ0n) is 18.3. The summed E-state index contributed by atoms with van der Waals surface area (Å²) in [4.78, 5) is 26.0. The van der Waals surface area contributed by atoms with Crippen molar-refractivity contribution in [1.29, 1.82) is 0 Å². The summed E-state index contributed by atoms with van der Waals surface area (Å²) in [6.45, 7) is 8.03. The number of anilines is 4. The van der Waals surface area contributed by atoms with Crippen LogP contribution in [-0.4, -0.2) is 73.1 Å². The van der Waals surface area contributed by atoms with Gasteiger partial charge in [0.05, 0.1) is 5.69 Å². The van der Waals surface area contributed by atoms with Gasteiger partial charge in [0, 0.05) is 50.1 Å². The van der Waals surface area contributed by atoms with E-state index >= 15 is 0 Å². The smallest absolute Gasteiger partial charge is 0.271 e. The van der Waals surface area contributed by atoms with Crippen LogP contribution < -0.4 is 26.6 Å². The first-order valence-corrected chi connectivity index (χ1v) is 11.0. The van der Waals surface area contributed by atoms with Gasteiger partial charge in [-0.05, 0) is 50.7 Å². The van der Waals surface area contributed by atoms with Crippen molar-refractivity contribution in [3.63, 3.8) is 0 Å². The quantitative estimate of drug-likeness (QED) is 0.528. The molecule has 166 valence electrons. The SMILES string of the molecule is CCc1nc(C(N)=O)c(Nc2ccc(N3CCN(C)CC3)cc2)nc1N[C@@H]1CCNC1. The van der Waals surface area contributed by atoms with Gasteiger partial charge in [-0.1, -0.05) is 6.92 Å². The standard InChI is InChI=1S/C22H32N8O/c1-3-18-21(26-16-8-9-24-14-16)28-22(19(27-18)20(23)31)25-15-4-6-17(7-5-15)30-12-10-29(2)11-13-30/h4-7,16,24H,3,8-14H2,1-2H3,(H2,23,31)(H2,25,26,28)/t16-/m1/s1. The van der Waals surface area contributed by atoms with E-state index in [0.717, 1.165) is 57.1 Å². The second-order valence-electron chi connectivity index (χ2n) is 8.23. The number of nitrogens with zero attached hydrogens (tertiary/aromatic N) is 4. The second kappa shape index (κ2) is 9.49. The Morgan fingerprint density at radius 2 is 1.90 bits per heavy atom. The maximum Gasteiger partial charge on any atom is 0.271 e. The molecule has 0 radical (unpaired) electrons. The fraction of sp³-hybridized carbons (Fsp3) is 0.500. The van der Waals surface area contributed by atoms with Crippen LogP contribution in [0.3, 0.4) is 0 Å². The number of carbonyl (C=O) groups is 1. The second-order valence-corrected chi connectivity index (χ2v) is 8.23.